The van der Waals surface area contributed by atoms with Gasteiger partial charge in [0, 0.05) is 5.56 Å². The molecule has 0 atom stereocenters. The van der Waals surface area contributed by atoms with E-state index in [4.69, 9.17) is 9.78 Å². The van der Waals surface area contributed by atoms with Crippen molar-refractivity contribution in [2.75, 3.05) is 0 Å². The quantitative estimate of drug-likeness (QED) is 0.771. The number of aromatic nitrogens is 4. The summed E-state index contributed by atoms with van der Waals surface area (Å²) in [5.41, 5.74) is 1.69. The Morgan fingerprint density at radius 3 is 3.00 bits per heavy atom. The number of halogens is 1. The highest BCUT2D eigenvalue weighted by atomic mass is 19.1. The molecule has 0 bridgehead atoms. The first-order chi connectivity index (χ1) is 9.69. The zero-order chi connectivity index (χ0) is 14.1. The molecule has 0 aliphatic rings. The van der Waals surface area contributed by atoms with Crippen molar-refractivity contribution in [3.8, 4) is 28.9 Å². The molecule has 0 fully saturated rings. The summed E-state index contributed by atoms with van der Waals surface area (Å²) in [6, 6.07) is 6.61. The fourth-order valence-electron chi connectivity index (χ4n) is 1.72. The van der Waals surface area contributed by atoms with Crippen LogP contribution in [0.2, 0.25) is 0 Å². The van der Waals surface area contributed by atoms with Crippen molar-refractivity contribution < 1.29 is 8.91 Å². The lowest BCUT2D eigenvalue weighted by Crippen LogP contribution is -1.86. The van der Waals surface area contributed by atoms with E-state index >= 15 is 0 Å². The standard InChI is InChI=1S/C13H8FN5O/c1-7-2-3-8(4-10(7)14)12-17-13(20-19-12)9-6-16-18-11(9)5-15/h2-4,6H,1H3,(H,16,18). The normalized spacial score (nSPS) is 10.4. The Hall–Kier alpha value is -3.01. The number of nitriles is 1. The van der Waals surface area contributed by atoms with Gasteiger partial charge in [0.25, 0.3) is 5.89 Å². The van der Waals surface area contributed by atoms with E-state index in [1.165, 1.54) is 12.3 Å². The lowest BCUT2D eigenvalue weighted by atomic mass is 10.1. The number of hydrogen-bond donors (Lipinski definition) is 1. The predicted molar refractivity (Wildman–Crippen MR) is 66.7 cm³/mol. The largest absolute Gasteiger partial charge is 0.333 e. The second-order valence-corrected chi connectivity index (χ2v) is 4.16. The van der Waals surface area contributed by atoms with Crippen LogP contribution in [0.4, 0.5) is 4.39 Å². The van der Waals surface area contributed by atoms with Crippen LogP contribution in [0.15, 0.2) is 28.9 Å². The summed E-state index contributed by atoms with van der Waals surface area (Å²) in [4.78, 5) is 4.15. The van der Waals surface area contributed by atoms with Crippen LogP contribution in [0, 0.1) is 24.1 Å². The van der Waals surface area contributed by atoms with E-state index < -0.39 is 0 Å². The zero-order valence-corrected chi connectivity index (χ0v) is 10.4. The first kappa shape index (κ1) is 12.0. The molecule has 20 heavy (non-hydrogen) atoms. The highest BCUT2D eigenvalue weighted by Crippen LogP contribution is 2.24. The molecule has 98 valence electrons. The first-order valence-corrected chi connectivity index (χ1v) is 5.73. The zero-order valence-electron chi connectivity index (χ0n) is 10.4. The third-order valence-electron chi connectivity index (χ3n) is 2.84. The molecular weight excluding hydrogens is 261 g/mol. The molecule has 2 aromatic heterocycles. The van der Waals surface area contributed by atoms with E-state index in [1.807, 2.05) is 6.07 Å². The number of aryl methyl sites for hydroxylation is 1. The maximum atomic E-state index is 13.5. The minimum atomic E-state index is -0.338. The van der Waals surface area contributed by atoms with Gasteiger partial charge >= 0.3 is 0 Å². The van der Waals surface area contributed by atoms with Gasteiger partial charge in [0.2, 0.25) is 5.82 Å². The molecule has 1 aromatic carbocycles. The molecule has 1 N–H and O–H groups in total. The molecule has 0 spiro atoms. The highest BCUT2D eigenvalue weighted by molar-refractivity contribution is 5.63. The van der Waals surface area contributed by atoms with Gasteiger partial charge in [-0.2, -0.15) is 15.3 Å². The molecule has 0 aliphatic carbocycles. The highest BCUT2D eigenvalue weighted by Gasteiger charge is 2.16. The molecule has 0 amide bonds. The van der Waals surface area contributed by atoms with E-state index in [1.54, 1.807) is 19.1 Å². The molecule has 7 heteroatoms. The summed E-state index contributed by atoms with van der Waals surface area (Å²) in [6.07, 6.45) is 1.42. The number of rotatable bonds is 2. The minimum Gasteiger partial charge on any atom is -0.333 e. The number of nitrogens with zero attached hydrogens (tertiary/aromatic N) is 4. The Balaban J connectivity index is 2.02. The molecule has 3 aromatic rings. The van der Waals surface area contributed by atoms with Crippen LogP contribution in [0.1, 0.15) is 11.3 Å². The summed E-state index contributed by atoms with van der Waals surface area (Å²) in [7, 11) is 0. The first-order valence-electron chi connectivity index (χ1n) is 5.73. The second-order valence-electron chi connectivity index (χ2n) is 4.16. The van der Waals surface area contributed by atoms with Crippen molar-refractivity contribution in [3.63, 3.8) is 0 Å². The average molecular weight is 269 g/mol. The van der Waals surface area contributed by atoms with E-state index in [2.05, 4.69) is 20.3 Å². The topological polar surface area (TPSA) is 91.4 Å². The smallest absolute Gasteiger partial charge is 0.262 e. The van der Waals surface area contributed by atoms with Gasteiger partial charge in [-0.1, -0.05) is 17.3 Å². The van der Waals surface area contributed by atoms with Gasteiger partial charge in [-0.25, -0.2) is 4.39 Å². The van der Waals surface area contributed by atoms with Gasteiger partial charge in [0.05, 0.1) is 11.8 Å². The minimum absolute atomic E-state index is 0.159. The Bertz CT molecular complexity index is 814. The molecule has 0 saturated carbocycles. The van der Waals surface area contributed by atoms with Gasteiger partial charge in [-0.15, -0.1) is 0 Å². The number of benzene rings is 1. The third-order valence-corrected chi connectivity index (χ3v) is 2.84. The number of H-pyrrole nitrogens is 1. The second kappa shape index (κ2) is 4.59. The van der Waals surface area contributed by atoms with E-state index in [-0.39, 0.29) is 23.2 Å². The molecule has 0 aliphatic heterocycles. The summed E-state index contributed by atoms with van der Waals surface area (Å²) in [6.45, 7) is 1.67. The Kier molecular flexibility index (Phi) is 2.76. The van der Waals surface area contributed by atoms with Gasteiger partial charge in [0.15, 0.2) is 0 Å². The fourth-order valence-corrected chi connectivity index (χ4v) is 1.72. The molecule has 6 nitrogen and oxygen atoms in total. The van der Waals surface area contributed by atoms with Crippen molar-refractivity contribution in [1.29, 1.82) is 5.26 Å². The number of aromatic amines is 1. The van der Waals surface area contributed by atoms with Crippen molar-refractivity contribution in [3.05, 3.63) is 41.5 Å². The van der Waals surface area contributed by atoms with Gasteiger partial charge in [-0.05, 0) is 18.6 Å². The average Bonchev–Trinajstić information content (AvgIpc) is 3.09. The molecule has 2 heterocycles. The lowest BCUT2D eigenvalue weighted by molar-refractivity contribution is 0.432. The van der Waals surface area contributed by atoms with Crippen LogP contribution >= 0.6 is 0 Å². The SMILES string of the molecule is Cc1ccc(-c2noc(-c3cn[nH]c3C#N)n2)cc1F. The van der Waals surface area contributed by atoms with E-state index in [9.17, 15) is 4.39 Å². The van der Waals surface area contributed by atoms with Crippen LogP contribution in [0.25, 0.3) is 22.8 Å². The number of nitrogens with one attached hydrogen (secondary N) is 1. The molecule has 0 radical (unpaired) electrons. The van der Waals surface area contributed by atoms with Crippen LogP contribution in [0.5, 0.6) is 0 Å². The Morgan fingerprint density at radius 2 is 2.25 bits per heavy atom. The summed E-state index contributed by atoms with van der Waals surface area (Å²) in [5, 5.41) is 18.9. The van der Waals surface area contributed by atoms with Crippen LogP contribution in [-0.2, 0) is 0 Å². The fraction of sp³-hybridized carbons (Fsp3) is 0.0769. The summed E-state index contributed by atoms with van der Waals surface area (Å²) in [5.74, 6) is 0.0742. The molecule has 0 unspecified atom stereocenters. The predicted octanol–water partition coefficient (Wildman–Crippen LogP) is 2.45. The van der Waals surface area contributed by atoms with Crippen LogP contribution in [-0.4, -0.2) is 20.3 Å². The molecular formula is C13H8FN5O. The Labute approximate surface area is 112 Å². The lowest BCUT2D eigenvalue weighted by Gasteiger charge is -1.97. The summed E-state index contributed by atoms with van der Waals surface area (Å²) >= 11 is 0. The molecule has 3 rings (SSSR count). The van der Waals surface area contributed by atoms with E-state index in [0.29, 0.717) is 16.7 Å². The van der Waals surface area contributed by atoms with Crippen LogP contribution in [0.3, 0.4) is 0 Å². The Morgan fingerprint density at radius 1 is 1.40 bits per heavy atom. The van der Waals surface area contributed by atoms with Gasteiger partial charge in [0.1, 0.15) is 17.6 Å². The monoisotopic (exact) mass is 269 g/mol. The maximum absolute atomic E-state index is 13.5. The maximum Gasteiger partial charge on any atom is 0.262 e. The van der Waals surface area contributed by atoms with Gasteiger partial charge in [-0.3, -0.25) is 5.10 Å². The van der Waals surface area contributed by atoms with Gasteiger partial charge < -0.3 is 4.52 Å². The summed E-state index contributed by atoms with van der Waals surface area (Å²) < 4.78 is 18.6. The number of hydrogen-bond acceptors (Lipinski definition) is 5. The van der Waals surface area contributed by atoms with Crippen molar-refractivity contribution in [2.24, 2.45) is 0 Å². The van der Waals surface area contributed by atoms with Crippen molar-refractivity contribution in [1.82, 2.24) is 20.3 Å². The third kappa shape index (κ3) is 1.93. The molecule has 0 saturated heterocycles. The van der Waals surface area contributed by atoms with E-state index in [0.717, 1.165) is 0 Å². The van der Waals surface area contributed by atoms with Crippen LogP contribution < -0.4 is 0 Å². The van der Waals surface area contributed by atoms with Crippen molar-refractivity contribution in [2.45, 2.75) is 6.92 Å². The van der Waals surface area contributed by atoms with Crippen molar-refractivity contribution >= 4 is 0 Å².